The van der Waals surface area contributed by atoms with Crippen molar-refractivity contribution in [2.75, 3.05) is 29.6 Å². The number of hydrogen-bond donors (Lipinski definition) is 3. The molecule has 0 saturated carbocycles. The molecule has 0 aliphatic carbocycles. The molecule has 0 radical (unpaired) electrons. The van der Waals surface area contributed by atoms with Crippen molar-refractivity contribution in [3.8, 4) is 5.75 Å². The van der Waals surface area contributed by atoms with E-state index in [9.17, 15) is 23.1 Å². The number of benzene rings is 2. The fourth-order valence-electron chi connectivity index (χ4n) is 2.86. The summed E-state index contributed by atoms with van der Waals surface area (Å²) in [5.74, 6) is -1.58. The predicted octanol–water partition coefficient (Wildman–Crippen LogP) is 4.23. The number of thiophene rings is 1. The van der Waals surface area contributed by atoms with Gasteiger partial charge in [0, 0.05) is 25.8 Å². The Morgan fingerprint density at radius 3 is 2.30 bits per heavy atom. The Bertz CT molecular complexity index is 1270. The number of sulfone groups is 1. The van der Waals surface area contributed by atoms with Crippen LogP contribution >= 0.6 is 22.9 Å². The molecule has 1 unspecified atom stereocenters. The average Bonchev–Trinajstić information content (AvgIpc) is 3.31. The summed E-state index contributed by atoms with van der Waals surface area (Å²) in [4.78, 5) is 27.2. The van der Waals surface area contributed by atoms with Crippen molar-refractivity contribution in [3.05, 3.63) is 63.8 Å². The lowest BCUT2D eigenvalue weighted by Crippen LogP contribution is -2.32. The van der Waals surface area contributed by atoms with Crippen LogP contribution in [-0.4, -0.2) is 44.7 Å². The maximum absolute atomic E-state index is 12.9. The molecule has 33 heavy (non-hydrogen) atoms. The minimum atomic E-state index is -3.96. The van der Waals surface area contributed by atoms with Crippen molar-refractivity contribution in [2.24, 2.45) is 0 Å². The third-order valence-corrected chi connectivity index (χ3v) is 8.11. The largest absolute Gasteiger partial charge is 0.506 e. The molecule has 8 nitrogen and oxygen atoms in total. The van der Waals surface area contributed by atoms with E-state index in [0.29, 0.717) is 4.88 Å². The Labute approximate surface area is 200 Å². The van der Waals surface area contributed by atoms with Crippen LogP contribution in [0.25, 0.3) is 0 Å². The standard InChI is InChI=1S/C22H22ClN3O5S2/c1-13(33(30,31)15-8-6-14(7-9-15)26(2)3)21(28)24-17-12-19(27)18(11-16(17)23)25-22(29)20-5-4-10-32-20/h4-13,27H,1-3H3,(H,24,28)(H,25,29). The fraction of sp³-hybridized carbons (Fsp3) is 0.182. The highest BCUT2D eigenvalue weighted by molar-refractivity contribution is 7.92. The highest BCUT2D eigenvalue weighted by atomic mass is 35.5. The predicted molar refractivity (Wildman–Crippen MR) is 131 cm³/mol. The number of rotatable bonds is 7. The number of carbonyl (C=O) groups excluding carboxylic acids is 2. The first-order valence-corrected chi connectivity index (χ1v) is 12.5. The summed E-state index contributed by atoms with van der Waals surface area (Å²) in [7, 11) is -0.303. The van der Waals surface area contributed by atoms with Crippen LogP contribution in [0, 0.1) is 0 Å². The van der Waals surface area contributed by atoms with E-state index in [4.69, 9.17) is 11.6 Å². The minimum Gasteiger partial charge on any atom is -0.506 e. The highest BCUT2D eigenvalue weighted by Crippen LogP contribution is 2.34. The second-order valence-corrected chi connectivity index (χ2v) is 11.0. The second-order valence-electron chi connectivity index (χ2n) is 7.35. The van der Waals surface area contributed by atoms with Gasteiger partial charge in [0.05, 0.1) is 26.2 Å². The summed E-state index contributed by atoms with van der Waals surface area (Å²) in [5.41, 5.74) is 0.885. The fourth-order valence-corrected chi connectivity index (χ4v) is 4.96. The number of phenolic OH excluding ortho intramolecular Hbond substituents is 1. The highest BCUT2D eigenvalue weighted by Gasteiger charge is 2.30. The molecule has 0 aliphatic heterocycles. The molecule has 2 aromatic carbocycles. The van der Waals surface area contributed by atoms with Crippen LogP contribution in [0.2, 0.25) is 5.02 Å². The summed E-state index contributed by atoms with van der Waals surface area (Å²) in [6.07, 6.45) is 0. The molecule has 0 saturated heterocycles. The van der Waals surface area contributed by atoms with Gasteiger partial charge < -0.3 is 20.6 Å². The second kappa shape index (κ2) is 9.82. The van der Waals surface area contributed by atoms with Gasteiger partial charge >= 0.3 is 0 Å². The van der Waals surface area contributed by atoms with Crippen LogP contribution in [0.5, 0.6) is 5.75 Å². The smallest absolute Gasteiger partial charge is 0.265 e. The quantitative estimate of drug-likeness (QED) is 0.412. The van der Waals surface area contributed by atoms with Crippen molar-refractivity contribution in [1.82, 2.24) is 0 Å². The molecule has 3 rings (SSSR count). The van der Waals surface area contributed by atoms with Crippen LogP contribution in [0.4, 0.5) is 17.1 Å². The van der Waals surface area contributed by atoms with E-state index < -0.39 is 26.9 Å². The van der Waals surface area contributed by atoms with E-state index in [-0.39, 0.29) is 27.0 Å². The molecule has 0 fully saturated rings. The van der Waals surface area contributed by atoms with E-state index >= 15 is 0 Å². The number of anilines is 3. The number of phenols is 1. The zero-order valence-corrected chi connectivity index (χ0v) is 20.4. The third-order valence-electron chi connectivity index (χ3n) is 4.85. The molecule has 1 heterocycles. The van der Waals surface area contributed by atoms with Gasteiger partial charge in [-0.1, -0.05) is 17.7 Å². The molecule has 0 bridgehead atoms. The Balaban J connectivity index is 1.76. The van der Waals surface area contributed by atoms with E-state index in [0.717, 1.165) is 11.8 Å². The Morgan fingerprint density at radius 2 is 1.73 bits per heavy atom. The summed E-state index contributed by atoms with van der Waals surface area (Å²) >= 11 is 7.44. The van der Waals surface area contributed by atoms with Gasteiger partial charge in [-0.3, -0.25) is 9.59 Å². The first kappa shape index (κ1) is 24.6. The van der Waals surface area contributed by atoms with E-state index in [1.807, 2.05) is 19.0 Å². The van der Waals surface area contributed by atoms with E-state index in [1.165, 1.54) is 36.5 Å². The average molecular weight is 508 g/mol. The van der Waals surface area contributed by atoms with Crippen molar-refractivity contribution < 1.29 is 23.1 Å². The van der Waals surface area contributed by atoms with Crippen LogP contribution in [0.1, 0.15) is 16.6 Å². The molecule has 11 heteroatoms. The van der Waals surface area contributed by atoms with Crippen molar-refractivity contribution >= 4 is 61.7 Å². The van der Waals surface area contributed by atoms with Crippen LogP contribution in [0.15, 0.2) is 58.8 Å². The van der Waals surface area contributed by atoms with Gasteiger partial charge in [-0.2, -0.15) is 0 Å². The molecule has 174 valence electrons. The van der Waals surface area contributed by atoms with Gasteiger partial charge in [0.25, 0.3) is 5.91 Å². The summed E-state index contributed by atoms with van der Waals surface area (Å²) in [6.45, 7) is 1.27. The maximum atomic E-state index is 12.9. The number of amides is 2. The van der Waals surface area contributed by atoms with Gasteiger partial charge in [0.1, 0.15) is 11.0 Å². The Morgan fingerprint density at radius 1 is 1.06 bits per heavy atom. The van der Waals surface area contributed by atoms with Crippen molar-refractivity contribution in [2.45, 2.75) is 17.1 Å². The molecular weight excluding hydrogens is 486 g/mol. The van der Waals surface area contributed by atoms with E-state index in [1.54, 1.807) is 29.6 Å². The molecule has 1 aromatic heterocycles. The molecule has 3 aromatic rings. The number of carbonyl (C=O) groups is 2. The van der Waals surface area contributed by atoms with Crippen LogP contribution in [0.3, 0.4) is 0 Å². The number of nitrogens with zero attached hydrogens (tertiary/aromatic N) is 1. The first-order chi connectivity index (χ1) is 15.5. The SMILES string of the molecule is CC(C(=O)Nc1cc(O)c(NC(=O)c2cccs2)cc1Cl)S(=O)(=O)c1ccc(N(C)C)cc1. The normalized spacial score (nSPS) is 12.1. The number of halogens is 1. The van der Waals surface area contributed by atoms with Crippen molar-refractivity contribution in [3.63, 3.8) is 0 Å². The zero-order chi connectivity index (χ0) is 24.3. The lowest BCUT2D eigenvalue weighted by molar-refractivity contribution is -0.115. The lowest BCUT2D eigenvalue weighted by Gasteiger charge is -2.17. The molecule has 3 N–H and O–H groups in total. The van der Waals surface area contributed by atoms with Gasteiger partial charge in [-0.25, -0.2) is 8.42 Å². The molecular formula is C22H22ClN3O5S2. The van der Waals surface area contributed by atoms with Crippen LogP contribution < -0.4 is 15.5 Å². The Kier molecular flexibility index (Phi) is 7.31. The number of hydrogen-bond acceptors (Lipinski definition) is 7. The van der Waals surface area contributed by atoms with Gasteiger partial charge in [0.15, 0.2) is 9.84 Å². The minimum absolute atomic E-state index is 0.0105. The van der Waals surface area contributed by atoms with Gasteiger partial charge in [0.2, 0.25) is 5.91 Å². The lowest BCUT2D eigenvalue weighted by atomic mass is 10.2. The summed E-state index contributed by atoms with van der Waals surface area (Å²) < 4.78 is 25.8. The Hall–Kier alpha value is -3.08. The summed E-state index contributed by atoms with van der Waals surface area (Å²) in [6, 6.07) is 12.0. The molecule has 0 spiro atoms. The maximum Gasteiger partial charge on any atom is 0.265 e. The van der Waals surface area contributed by atoms with Gasteiger partial charge in [-0.05, 0) is 48.7 Å². The van der Waals surface area contributed by atoms with Crippen LogP contribution in [-0.2, 0) is 14.6 Å². The van der Waals surface area contributed by atoms with E-state index in [2.05, 4.69) is 10.6 Å². The van der Waals surface area contributed by atoms with Gasteiger partial charge in [-0.15, -0.1) is 11.3 Å². The monoisotopic (exact) mass is 507 g/mol. The van der Waals surface area contributed by atoms with Crippen molar-refractivity contribution in [1.29, 1.82) is 0 Å². The topological polar surface area (TPSA) is 116 Å². The molecule has 2 amide bonds. The molecule has 0 aliphatic rings. The summed E-state index contributed by atoms with van der Waals surface area (Å²) in [5, 5.41) is 15.6. The number of aromatic hydroxyl groups is 1. The first-order valence-electron chi connectivity index (χ1n) is 9.70. The third kappa shape index (κ3) is 5.47. The number of nitrogens with one attached hydrogen (secondary N) is 2. The zero-order valence-electron chi connectivity index (χ0n) is 18.0. The molecule has 1 atom stereocenters.